The fourth-order valence-corrected chi connectivity index (χ4v) is 3.16. The Bertz CT molecular complexity index is 382. The number of methoxy groups -OCH3 is 1. The van der Waals surface area contributed by atoms with Crippen molar-refractivity contribution in [2.75, 3.05) is 20.7 Å². The number of nitrogens with one attached hydrogen (secondary N) is 1. The van der Waals surface area contributed by atoms with Gasteiger partial charge in [-0.15, -0.1) is 0 Å². The maximum atomic E-state index is 5.20. The van der Waals surface area contributed by atoms with E-state index in [-0.39, 0.29) is 0 Å². The summed E-state index contributed by atoms with van der Waals surface area (Å²) >= 11 is 0. The van der Waals surface area contributed by atoms with Crippen LogP contribution in [0.5, 0.6) is 5.75 Å². The summed E-state index contributed by atoms with van der Waals surface area (Å²) in [6, 6.07) is 9.90. The van der Waals surface area contributed by atoms with Gasteiger partial charge in [-0.25, -0.2) is 0 Å². The first kappa shape index (κ1) is 15.3. The van der Waals surface area contributed by atoms with Gasteiger partial charge in [-0.3, -0.25) is 4.90 Å². The van der Waals surface area contributed by atoms with Crippen LogP contribution in [0.3, 0.4) is 0 Å². The Kier molecular flexibility index (Phi) is 5.86. The van der Waals surface area contributed by atoms with Gasteiger partial charge in [0.15, 0.2) is 0 Å². The van der Waals surface area contributed by atoms with E-state index in [2.05, 4.69) is 36.3 Å². The average Bonchev–Trinajstić information content (AvgIpc) is 2.49. The smallest absolute Gasteiger partial charge is 0.118 e. The van der Waals surface area contributed by atoms with Crippen molar-refractivity contribution < 1.29 is 4.74 Å². The lowest BCUT2D eigenvalue weighted by Gasteiger charge is -2.35. The van der Waals surface area contributed by atoms with E-state index >= 15 is 0 Å². The maximum absolute atomic E-state index is 5.20. The Morgan fingerprint density at radius 2 is 1.80 bits per heavy atom. The van der Waals surface area contributed by atoms with Crippen LogP contribution in [0.1, 0.15) is 38.2 Å². The fourth-order valence-electron chi connectivity index (χ4n) is 3.16. The number of ether oxygens (including phenoxy) is 1. The Hall–Kier alpha value is -1.06. The Morgan fingerprint density at radius 1 is 1.15 bits per heavy atom. The molecule has 112 valence electrons. The van der Waals surface area contributed by atoms with Crippen molar-refractivity contribution in [3.63, 3.8) is 0 Å². The van der Waals surface area contributed by atoms with Gasteiger partial charge < -0.3 is 10.1 Å². The van der Waals surface area contributed by atoms with Gasteiger partial charge in [0.25, 0.3) is 0 Å². The van der Waals surface area contributed by atoms with E-state index in [4.69, 9.17) is 4.74 Å². The van der Waals surface area contributed by atoms with E-state index in [0.717, 1.165) is 30.9 Å². The molecule has 1 aromatic rings. The minimum atomic E-state index is 0.729. The first-order chi connectivity index (χ1) is 9.72. The fraction of sp³-hybridized carbons (Fsp3) is 0.647. The van der Waals surface area contributed by atoms with E-state index in [9.17, 15) is 0 Å². The minimum absolute atomic E-state index is 0.729. The first-order valence-corrected chi connectivity index (χ1v) is 7.79. The van der Waals surface area contributed by atoms with Crippen LogP contribution in [0, 0.1) is 0 Å². The molecule has 1 fully saturated rings. The molecule has 1 aliphatic carbocycles. The third kappa shape index (κ3) is 4.22. The first-order valence-electron chi connectivity index (χ1n) is 7.79. The highest BCUT2D eigenvalue weighted by Gasteiger charge is 2.23. The van der Waals surface area contributed by atoms with Crippen LogP contribution in [-0.2, 0) is 6.54 Å². The largest absolute Gasteiger partial charge is 0.497 e. The molecule has 1 aliphatic rings. The summed E-state index contributed by atoms with van der Waals surface area (Å²) in [4.78, 5) is 2.50. The average molecular weight is 276 g/mol. The molecule has 0 bridgehead atoms. The van der Waals surface area contributed by atoms with Crippen molar-refractivity contribution in [3.8, 4) is 5.75 Å². The molecule has 1 saturated carbocycles. The molecule has 0 aliphatic heterocycles. The zero-order chi connectivity index (χ0) is 14.4. The van der Waals surface area contributed by atoms with Crippen LogP contribution < -0.4 is 10.1 Å². The molecule has 0 spiro atoms. The van der Waals surface area contributed by atoms with Crippen LogP contribution in [0.4, 0.5) is 0 Å². The zero-order valence-corrected chi connectivity index (χ0v) is 13.1. The number of hydrogen-bond acceptors (Lipinski definition) is 3. The predicted octanol–water partition coefficient (Wildman–Crippen LogP) is 3.05. The normalized spacial score (nSPS) is 23.0. The van der Waals surface area contributed by atoms with Gasteiger partial charge in [-0.05, 0) is 57.0 Å². The topological polar surface area (TPSA) is 24.5 Å². The summed E-state index contributed by atoms with van der Waals surface area (Å²) in [6.07, 6.45) is 5.24. The second-order valence-electron chi connectivity index (χ2n) is 5.83. The van der Waals surface area contributed by atoms with Crippen LogP contribution in [0.25, 0.3) is 0 Å². The van der Waals surface area contributed by atoms with Crippen molar-refractivity contribution in [2.24, 2.45) is 0 Å². The van der Waals surface area contributed by atoms with E-state index in [0.29, 0.717) is 0 Å². The lowest BCUT2D eigenvalue weighted by atomic mass is 9.90. The van der Waals surface area contributed by atoms with E-state index in [1.165, 1.54) is 31.2 Å². The number of rotatable bonds is 6. The molecule has 0 aromatic heterocycles. The molecule has 0 radical (unpaired) electrons. The van der Waals surface area contributed by atoms with Crippen molar-refractivity contribution >= 4 is 0 Å². The second kappa shape index (κ2) is 7.65. The Labute approximate surface area is 123 Å². The number of hydrogen-bond donors (Lipinski definition) is 1. The van der Waals surface area contributed by atoms with Crippen LogP contribution >= 0.6 is 0 Å². The summed E-state index contributed by atoms with van der Waals surface area (Å²) in [5.41, 5.74) is 1.36. The zero-order valence-electron chi connectivity index (χ0n) is 13.1. The molecule has 0 atom stereocenters. The molecule has 1 N–H and O–H groups in total. The van der Waals surface area contributed by atoms with Gasteiger partial charge >= 0.3 is 0 Å². The molecular formula is C17H28N2O. The van der Waals surface area contributed by atoms with E-state index < -0.39 is 0 Å². The van der Waals surface area contributed by atoms with Crippen molar-refractivity contribution in [2.45, 2.75) is 51.2 Å². The molecule has 0 saturated heterocycles. The molecule has 3 nitrogen and oxygen atoms in total. The molecular weight excluding hydrogens is 248 g/mol. The lowest BCUT2D eigenvalue weighted by Crippen LogP contribution is -2.40. The van der Waals surface area contributed by atoms with Gasteiger partial charge in [0.1, 0.15) is 5.75 Å². The van der Waals surface area contributed by atoms with Crippen molar-refractivity contribution in [3.05, 3.63) is 29.8 Å². The van der Waals surface area contributed by atoms with Gasteiger partial charge in [-0.1, -0.05) is 19.1 Å². The molecule has 1 aromatic carbocycles. The Morgan fingerprint density at radius 3 is 2.35 bits per heavy atom. The molecule has 20 heavy (non-hydrogen) atoms. The molecule has 0 heterocycles. The molecule has 0 amide bonds. The van der Waals surface area contributed by atoms with Gasteiger partial charge in [-0.2, -0.15) is 0 Å². The second-order valence-corrected chi connectivity index (χ2v) is 5.83. The molecule has 0 unspecified atom stereocenters. The maximum Gasteiger partial charge on any atom is 0.118 e. The molecule has 2 rings (SSSR count). The summed E-state index contributed by atoms with van der Waals surface area (Å²) in [5, 5.41) is 3.57. The number of nitrogens with zero attached hydrogens (tertiary/aromatic N) is 1. The highest BCUT2D eigenvalue weighted by atomic mass is 16.5. The summed E-state index contributed by atoms with van der Waals surface area (Å²) in [5.74, 6) is 0.933. The van der Waals surface area contributed by atoms with E-state index in [1.54, 1.807) is 7.11 Å². The van der Waals surface area contributed by atoms with Crippen LogP contribution in [0.15, 0.2) is 24.3 Å². The van der Waals surface area contributed by atoms with Gasteiger partial charge in [0.05, 0.1) is 7.11 Å². The quantitative estimate of drug-likeness (QED) is 0.864. The van der Waals surface area contributed by atoms with Gasteiger partial charge in [0, 0.05) is 18.6 Å². The molecule has 3 heteroatoms. The Balaban J connectivity index is 1.81. The number of benzene rings is 1. The summed E-state index contributed by atoms with van der Waals surface area (Å²) in [6.45, 7) is 4.32. The summed E-state index contributed by atoms with van der Waals surface area (Å²) in [7, 11) is 3.96. The van der Waals surface area contributed by atoms with Crippen LogP contribution in [0.2, 0.25) is 0 Å². The van der Waals surface area contributed by atoms with Gasteiger partial charge in [0.2, 0.25) is 0 Å². The standard InChI is InChI=1S/C17H28N2O/c1-4-18-15-7-9-16(10-8-15)19(2)13-14-5-11-17(20-3)12-6-14/h5-6,11-12,15-16,18H,4,7-10,13H2,1-3H3. The highest BCUT2D eigenvalue weighted by molar-refractivity contribution is 5.27. The highest BCUT2D eigenvalue weighted by Crippen LogP contribution is 2.24. The van der Waals surface area contributed by atoms with Crippen LogP contribution in [-0.4, -0.2) is 37.7 Å². The summed E-state index contributed by atoms with van der Waals surface area (Å²) < 4.78 is 5.20. The minimum Gasteiger partial charge on any atom is -0.497 e. The third-order valence-electron chi connectivity index (χ3n) is 4.40. The lowest BCUT2D eigenvalue weighted by molar-refractivity contribution is 0.168. The SMILES string of the molecule is CCNC1CCC(N(C)Cc2ccc(OC)cc2)CC1. The van der Waals surface area contributed by atoms with E-state index in [1.807, 2.05) is 12.1 Å². The van der Waals surface area contributed by atoms with Crippen molar-refractivity contribution in [1.82, 2.24) is 10.2 Å². The predicted molar refractivity (Wildman–Crippen MR) is 84.2 cm³/mol. The van der Waals surface area contributed by atoms with Crippen molar-refractivity contribution in [1.29, 1.82) is 0 Å². The third-order valence-corrected chi connectivity index (χ3v) is 4.40. The monoisotopic (exact) mass is 276 g/mol.